The van der Waals surface area contributed by atoms with Crippen LogP contribution in [0.2, 0.25) is 36.3 Å². The summed E-state index contributed by atoms with van der Waals surface area (Å²) in [5.41, 5.74) is 6.97. The van der Waals surface area contributed by atoms with Crippen molar-refractivity contribution in [2.75, 3.05) is 12.3 Å². The molecule has 1 aliphatic heterocycles. The minimum absolute atomic E-state index is 0.0108. The van der Waals surface area contributed by atoms with Crippen LogP contribution in [0.25, 0.3) is 11.2 Å². The van der Waals surface area contributed by atoms with Gasteiger partial charge in [0.25, 0.3) is 0 Å². The molecule has 0 aromatic carbocycles. The van der Waals surface area contributed by atoms with Crippen LogP contribution in [0.15, 0.2) is 6.33 Å². The maximum atomic E-state index is 9.30. The summed E-state index contributed by atoms with van der Waals surface area (Å²) in [4.78, 5) is 12.7. The number of anilines is 1. The fourth-order valence-electron chi connectivity index (χ4n) is 3.41. The molecule has 3 heterocycles. The number of nitrogen functional groups attached to an aromatic ring is 1. The molecule has 0 amide bonds. The number of hydrogen-bond donors (Lipinski definition) is 1. The van der Waals surface area contributed by atoms with Crippen LogP contribution in [-0.2, 0) is 13.6 Å². The van der Waals surface area contributed by atoms with Gasteiger partial charge in [0, 0.05) is 6.42 Å². The van der Waals surface area contributed by atoms with E-state index >= 15 is 0 Å². The molecule has 9 nitrogen and oxygen atoms in total. The molecule has 188 valence electrons. The van der Waals surface area contributed by atoms with Crippen molar-refractivity contribution in [2.45, 2.75) is 103 Å². The number of imidazole rings is 1. The van der Waals surface area contributed by atoms with Gasteiger partial charge in [0.2, 0.25) is 5.82 Å². The number of fused-ring (bicyclic) bond motifs is 1. The molecule has 0 bridgehead atoms. The van der Waals surface area contributed by atoms with Crippen LogP contribution in [0.1, 0.15) is 60.0 Å². The van der Waals surface area contributed by atoms with Gasteiger partial charge >= 0.3 is 0 Å². The van der Waals surface area contributed by atoms with E-state index in [1.54, 1.807) is 6.33 Å². The molecule has 11 heteroatoms. The third-order valence-corrected chi connectivity index (χ3v) is 16.7. The van der Waals surface area contributed by atoms with Crippen molar-refractivity contribution in [3.63, 3.8) is 0 Å². The van der Waals surface area contributed by atoms with Gasteiger partial charge in [-0.15, -0.1) is 0 Å². The van der Waals surface area contributed by atoms with Gasteiger partial charge in [0.1, 0.15) is 23.9 Å². The molecule has 0 radical (unpaired) electrons. The summed E-state index contributed by atoms with van der Waals surface area (Å²) in [5.74, 6) is 0.196. The highest BCUT2D eigenvalue weighted by Gasteiger charge is 2.46. The lowest BCUT2D eigenvalue weighted by Gasteiger charge is -2.40. The Labute approximate surface area is 205 Å². The minimum atomic E-state index is -2.05. The standard InChI is InChI=1S/C23H40N6O3Si2/c1-22(2,3)33(7,8)30-13-16-15(32-34(9,10)23(4,5)6)11-18(31-16)29-14-26-19-20(25)27-17(12-24)28-21(19)29/h14-16,18H,11,13H2,1-10H3,(H2,25,27,28)/t15?,16-,18-/m1/s1. The van der Waals surface area contributed by atoms with Crippen LogP contribution in [0.3, 0.4) is 0 Å². The molecule has 3 rings (SSSR count). The minimum Gasteiger partial charge on any atom is -0.414 e. The first-order valence-corrected chi connectivity index (χ1v) is 17.7. The summed E-state index contributed by atoms with van der Waals surface area (Å²) in [6, 6.07) is 1.97. The van der Waals surface area contributed by atoms with Gasteiger partial charge in [0.15, 0.2) is 28.1 Å². The number of hydrogen-bond acceptors (Lipinski definition) is 8. The summed E-state index contributed by atoms with van der Waals surface area (Å²) >= 11 is 0. The molecule has 2 aromatic heterocycles. The van der Waals surface area contributed by atoms with Crippen molar-refractivity contribution in [1.82, 2.24) is 19.5 Å². The third-order valence-electron chi connectivity index (χ3n) is 7.71. The average Bonchev–Trinajstić information content (AvgIpc) is 3.28. The number of nitriles is 1. The summed E-state index contributed by atoms with van der Waals surface area (Å²) in [6.07, 6.45) is 1.59. The Morgan fingerprint density at radius 2 is 1.74 bits per heavy atom. The molecule has 1 unspecified atom stereocenters. The molecule has 1 fully saturated rings. The van der Waals surface area contributed by atoms with Gasteiger partial charge in [-0.25, -0.2) is 4.98 Å². The van der Waals surface area contributed by atoms with E-state index in [4.69, 9.17) is 19.3 Å². The highest BCUT2D eigenvalue weighted by Crippen LogP contribution is 2.43. The number of aromatic nitrogens is 4. The maximum Gasteiger partial charge on any atom is 0.236 e. The van der Waals surface area contributed by atoms with Crippen molar-refractivity contribution < 1.29 is 13.6 Å². The van der Waals surface area contributed by atoms with E-state index in [0.29, 0.717) is 24.2 Å². The van der Waals surface area contributed by atoms with Crippen LogP contribution in [0, 0.1) is 11.3 Å². The molecule has 2 N–H and O–H groups in total. The lowest BCUT2D eigenvalue weighted by atomic mass is 10.2. The zero-order valence-corrected chi connectivity index (χ0v) is 24.3. The third kappa shape index (κ3) is 5.21. The van der Waals surface area contributed by atoms with E-state index in [1.807, 2.05) is 10.6 Å². The van der Waals surface area contributed by atoms with Crippen molar-refractivity contribution >= 4 is 33.6 Å². The number of nitrogens with two attached hydrogens (primary N) is 1. The van der Waals surface area contributed by atoms with Gasteiger partial charge < -0.3 is 19.3 Å². The zero-order valence-electron chi connectivity index (χ0n) is 22.3. The second kappa shape index (κ2) is 8.98. The lowest BCUT2D eigenvalue weighted by molar-refractivity contribution is -0.0383. The van der Waals surface area contributed by atoms with Gasteiger partial charge in [-0.05, 0) is 36.3 Å². The van der Waals surface area contributed by atoms with Gasteiger partial charge in [0.05, 0.1) is 19.0 Å². The fourth-order valence-corrected chi connectivity index (χ4v) is 5.78. The van der Waals surface area contributed by atoms with Gasteiger partial charge in [-0.2, -0.15) is 15.2 Å². The highest BCUT2D eigenvalue weighted by atomic mass is 28.4. The molecule has 0 spiro atoms. The van der Waals surface area contributed by atoms with E-state index < -0.39 is 16.6 Å². The largest absolute Gasteiger partial charge is 0.414 e. The molecule has 1 saturated heterocycles. The number of nitrogens with zero attached hydrogens (tertiary/aromatic N) is 5. The van der Waals surface area contributed by atoms with Crippen molar-refractivity contribution in [3.8, 4) is 6.07 Å². The Morgan fingerprint density at radius 3 is 2.29 bits per heavy atom. The van der Waals surface area contributed by atoms with Crippen LogP contribution >= 0.6 is 0 Å². The summed E-state index contributed by atoms with van der Waals surface area (Å²) in [6.45, 7) is 22.9. The van der Waals surface area contributed by atoms with Gasteiger partial charge in [-0.1, -0.05) is 41.5 Å². The Balaban J connectivity index is 1.92. The molecule has 0 aliphatic carbocycles. The predicted octanol–water partition coefficient (Wildman–Crippen LogP) is 4.98. The zero-order chi connectivity index (χ0) is 25.7. The Bertz CT molecular complexity index is 1080. The first kappa shape index (κ1) is 26.8. The monoisotopic (exact) mass is 504 g/mol. The second-order valence-corrected chi connectivity index (χ2v) is 21.8. The molecule has 34 heavy (non-hydrogen) atoms. The first-order valence-electron chi connectivity index (χ1n) is 11.8. The predicted molar refractivity (Wildman–Crippen MR) is 138 cm³/mol. The molecular weight excluding hydrogens is 464 g/mol. The summed E-state index contributed by atoms with van der Waals surface area (Å²) < 4.78 is 21.8. The smallest absolute Gasteiger partial charge is 0.236 e. The van der Waals surface area contributed by atoms with Crippen molar-refractivity contribution in [3.05, 3.63) is 12.2 Å². The van der Waals surface area contributed by atoms with E-state index in [9.17, 15) is 5.26 Å². The first-order chi connectivity index (χ1) is 15.5. The molecule has 2 aromatic rings. The van der Waals surface area contributed by atoms with Crippen LogP contribution in [0.4, 0.5) is 5.82 Å². The fraction of sp³-hybridized carbons (Fsp3) is 0.739. The normalized spacial score (nSPS) is 22.3. The van der Waals surface area contributed by atoms with E-state index in [1.165, 1.54) is 0 Å². The Morgan fingerprint density at radius 1 is 1.12 bits per heavy atom. The molecule has 1 aliphatic rings. The maximum absolute atomic E-state index is 9.30. The highest BCUT2D eigenvalue weighted by molar-refractivity contribution is 6.74. The second-order valence-electron chi connectivity index (χ2n) is 12.2. The lowest BCUT2D eigenvalue weighted by Crippen LogP contribution is -2.48. The summed E-state index contributed by atoms with van der Waals surface area (Å²) in [7, 11) is -4.02. The van der Waals surface area contributed by atoms with Gasteiger partial charge in [-0.3, -0.25) is 4.57 Å². The van der Waals surface area contributed by atoms with Crippen LogP contribution in [-0.4, -0.2) is 55.0 Å². The van der Waals surface area contributed by atoms with Crippen molar-refractivity contribution in [2.24, 2.45) is 0 Å². The Kier molecular flexibility index (Phi) is 7.07. The van der Waals surface area contributed by atoms with Crippen LogP contribution < -0.4 is 5.73 Å². The molecular formula is C23H40N6O3Si2. The Hall–Kier alpha value is -1.85. The summed E-state index contributed by atoms with van der Waals surface area (Å²) in [5, 5.41) is 9.47. The quantitative estimate of drug-likeness (QED) is 0.547. The van der Waals surface area contributed by atoms with E-state index in [0.717, 1.165) is 0 Å². The number of rotatable bonds is 6. The van der Waals surface area contributed by atoms with E-state index in [-0.39, 0.29) is 40.2 Å². The molecule has 3 atom stereocenters. The van der Waals surface area contributed by atoms with Crippen molar-refractivity contribution in [1.29, 1.82) is 5.26 Å². The number of ether oxygens (including phenoxy) is 1. The topological polar surface area (TPSA) is 121 Å². The molecule has 0 saturated carbocycles. The average molecular weight is 505 g/mol. The SMILES string of the molecule is CC(C)(C)[Si](C)(C)OC[C@H]1O[C@@H](n2cnc3c(N)nc(C#N)nc32)CC1O[Si](C)(C)C(C)(C)C. The van der Waals surface area contributed by atoms with E-state index in [2.05, 4.69) is 82.7 Å². The van der Waals surface area contributed by atoms with Crippen LogP contribution in [0.5, 0.6) is 0 Å².